The van der Waals surface area contributed by atoms with E-state index in [0.717, 1.165) is 4.90 Å². The molecule has 9 heteroatoms. The summed E-state index contributed by atoms with van der Waals surface area (Å²) in [7, 11) is 0. The number of ether oxygens (including phenoxy) is 2. The Morgan fingerprint density at radius 3 is 2.83 bits per heavy atom. The molecule has 1 aromatic heterocycles. The van der Waals surface area contributed by atoms with Crippen LogP contribution in [0, 0.1) is 0 Å². The van der Waals surface area contributed by atoms with Gasteiger partial charge in [-0.05, 0) is 25.1 Å². The molecule has 0 atom stereocenters. The van der Waals surface area contributed by atoms with Crippen molar-refractivity contribution in [1.82, 2.24) is 9.88 Å². The molecule has 0 saturated carbocycles. The number of nitrogens with one attached hydrogen (secondary N) is 1. The number of pyridine rings is 1. The summed E-state index contributed by atoms with van der Waals surface area (Å²) in [5.41, 5.74) is 0.931. The molecule has 1 aliphatic heterocycles. The SMILES string of the molecule is CCOC(=O)c1ccnc(Oc2cccc(NC3=CC(=O)N(CCO)C3=O)c2)c1. The monoisotopic (exact) mass is 397 g/mol. The van der Waals surface area contributed by atoms with Crippen molar-refractivity contribution >= 4 is 23.5 Å². The van der Waals surface area contributed by atoms with E-state index in [-0.39, 0.29) is 31.3 Å². The third-order valence-electron chi connectivity index (χ3n) is 3.91. The summed E-state index contributed by atoms with van der Waals surface area (Å²) >= 11 is 0. The average Bonchev–Trinajstić information content (AvgIpc) is 2.96. The largest absolute Gasteiger partial charge is 0.462 e. The van der Waals surface area contributed by atoms with E-state index in [9.17, 15) is 14.4 Å². The molecular weight excluding hydrogens is 378 g/mol. The Morgan fingerprint density at radius 2 is 2.07 bits per heavy atom. The molecule has 2 amide bonds. The van der Waals surface area contributed by atoms with Crippen molar-refractivity contribution in [2.75, 3.05) is 25.1 Å². The second kappa shape index (κ2) is 8.98. The predicted octanol–water partition coefficient (Wildman–Crippen LogP) is 1.71. The highest BCUT2D eigenvalue weighted by Gasteiger charge is 2.30. The number of esters is 1. The van der Waals surface area contributed by atoms with Crippen LogP contribution in [0.4, 0.5) is 5.69 Å². The number of aliphatic hydroxyl groups excluding tert-OH is 1. The van der Waals surface area contributed by atoms with E-state index in [1.807, 2.05) is 0 Å². The highest BCUT2D eigenvalue weighted by atomic mass is 16.5. The number of aromatic nitrogens is 1. The van der Waals surface area contributed by atoms with Crippen LogP contribution in [0.5, 0.6) is 11.6 Å². The first kappa shape index (κ1) is 20.0. The van der Waals surface area contributed by atoms with E-state index in [1.165, 1.54) is 24.4 Å². The predicted molar refractivity (Wildman–Crippen MR) is 102 cm³/mol. The second-order valence-corrected chi connectivity index (χ2v) is 5.93. The molecule has 2 heterocycles. The first-order valence-electron chi connectivity index (χ1n) is 8.88. The Labute approximate surface area is 166 Å². The highest BCUT2D eigenvalue weighted by molar-refractivity contribution is 6.17. The van der Waals surface area contributed by atoms with E-state index in [2.05, 4.69) is 10.3 Å². The van der Waals surface area contributed by atoms with Crippen molar-refractivity contribution in [3.8, 4) is 11.6 Å². The van der Waals surface area contributed by atoms with Gasteiger partial charge in [-0.2, -0.15) is 0 Å². The van der Waals surface area contributed by atoms with Crippen molar-refractivity contribution in [1.29, 1.82) is 0 Å². The lowest BCUT2D eigenvalue weighted by Crippen LogP contribution is -2.34. The molecule has 0 saturated heterocycles. The maximum absolute atomic E-state index is 12.2. The zero-order chi connectivity index (χ0) is 20.8. The molecule has 0 bridgehead atoms. The number of β-amino-alcohol motifs (C(OH)–C–C–N with tert-alkyl or cyclic N) is 1. The summed E-state index contributed by atoms with van der Waals surface area (Å²) in [4.78, 5) is 40.9. The number of benzene rings is 1. The first-order chi connectivity index (χ1) is 14.0. The Morgan fingerprint density at radius 1 is 1.24 bits per heavy atom. The second-order valence-electron chi connectivity index (χ2n) is 5.93. The molecule has 1 aromatic carbocycles. The lowest BCUT2D eigenvalue weighted by atomic mass is 10.2. The van der Waals surface area contributed by atoms with Crippen LogP contribution in [-0.2, 0) is 14.3 Å². The van der Waals surface area contributed by atoms with Gasteiger partial charge in [0.1, 0.15) is 11.4 Å². The van der Waals surface area contributed by atoms with Gasteiger partial charge in [-0.25, -0.2) is 9.78 Å². The van der Waals surface area contributed by atoms with Crippen molar-refractivity contribution in [3.63, 3.8) is 0 Å². The number of amides is 2. The smallest absolute Gasteiger partial charge is 0.338 e. The number of aliphatic hydroxyl groups is 1. The fourth-order valence-corrected chi connectivity index (χ4v) is 2.63. The van der Waals surface area contributed by atoms with Crippen LogP contribution < -0.4 is 10.1 Å². The number of hydrogen-bond acceptors (Lipinski definition) is 8. The summed E-state index contributed by atoms with van der Waals surface area (Å²) < 4.78 is 10.6. The van der Waals surface area contributed by atoms with E-state index in [4.69, 9.17) is 14.6 Å². The minimum Gasteiger partial charge on any atom is -0.462 e. The molecule has 0 unspecified atom stereocenters. The standard InChI is InChI=1S/C20H19N3O6/c1-2-28-20(27)13-6-7-21-17(10-13)29-15-5-3-4-14(11-15)22-16-12-18(25)23(8-9-24)19(16)26/h3-7,10-12,22,24H,2,8-9H2,1H3. The molecule has 150 valence electrons. The van der Waals surface area contributed by atoms with Crippen molar-refractivity contribution in [3.05, 3.63) is 59.9 Å². The van der Waals surface area contributed by atoms with Crippen LogP contribution in [0.1, 0.15) is 17.3 Å². The van der Waals surface area contributed by atoms with Gasteiger partial charge in [0.25, 0.3) is 11.8 Å². The lowest BCUT2D eigenvalue weighted by molar-refractivity contribution is -0.137. The van der Waals surface area contributed by atoms with Gasteiger partial charge in [-0.1, -0.05) is 6.07 Å². The minimum absolute atomic E-state index is 0.0645. The van der Waals surface area contributed by atoms with E-state index in [1.54, 1.807) is 31.2 Å². The number of rotatable bonds is 8. The van der Waals surface area contributed by atoms with Crippen LogP contribution >= 0.6 is 0 Å². The van der Waals surface area contributed by atoms with Crippen LogP contribution in [0.15, 0.2) is 54.4 Å². The molecule has 2 aromatic rings. The fraction of sp³-hybridized carbons (Fsp3) is 0.200. The number of hydrogen-bond donors (Lipinski definition) is 2. The summed E-state index contributed by atoms with van der Waals surface area (Å²) in [5, 5.41) is 11.8. The van der Waals surface area contributed by atoms with Gasteiger partial charge in [0.15, 0.2) is 0 Å². The maximum atomic E-state index is 12.2. The number of carbonyl (C=O) groups is 3. The van der Waals surface area contributed by atoms with Gasteiger partial charge in [0.05, 0.1) is 25.3 Å². The van der Waals surface area contributed by atoms with Crippen LogP contribution in [0.3, 0.4) is 0 Å². The van der Waals surface area contributed by atoms with E-state index >= 15 is 0 Å². The van der Waals surface area contributed by atoms with Crippen molar-refractivity contribution < 1.29 is 29.0 Å². The molecule has 29 heavy (non-hydrogen) atoms. The van der Waals surface area contributed by atoms with Crippen LogP contribution in [-0.4, -0.2) is 52.5 Å². The third kappa shape index (κ3) is 4.77. The molecule has 0 aliphatic carbocycles. The van der Waals surface area contributed by atoms with Crippen molar-refractivity contribution in [2.24, 2.45) is 0 Å². The number of anilines is 1. The number of carbonyl (C=O) groups excluding carboxylic acids is 3. The summed E-state index contributed by atoms with van der Waals surface area (Å²) in [6.07, 6.45) is 2.61. The molecule has 0 radical (unpaired) electrons. The first-order valence-corrected chi connectivity index (χ1v) is 8.88. The normalized spacial score (nSPS) is 13.3. The Balaban J connectivity index is 1.72. The van der Waals surface area contributed by atoms with Gasteiger partial charge >= 0.3 is 5.97 Å². The number of nitrogens with zero attached hydrogens (tertiary/aromatic N) is 2. The third-order valence-corrected chi connectivity index (χ3v) is 3.91. The lowest BCUT2D eigenvalue weighted by Gasteiger charge is -2.13. The van der Waals surface area contributed by atoms with Crippen LogP contribution in [0.25, 0.3) is 0 Å². The summed E-state index contributed by atoms with van der Waals surface area (Å²) in [6.45, 7) is 1.61. The van der Waals surface area contributed by atoms with Crippen molar-refractivity contribution in [2.45, 2.75) is 6.92 Å². The zero-order valence-electron chi connectivity index (χ0n) is 15.6. The average molecular weight is 397 g/mol. The molecule has 1 aliphatic rings. The Bertz CT molecular complexity index is 972. The summed E-state index contributed by atoms with van der Waals surface area (Å²) in [6, 6.07) is 9.68. The zero-order valence-corrected chi connectivity index (χ0v) is 15.6. The summed E-state index contributed by atoms with van der Waals surface area (Å²) in [5.74, 6) is -0.863. The molecule has 0 fully saturated rings. The molecule has 2 N–H and O–H groups in total. The van der Waals surface area contributed by atoms with Gasteiger partial charge in [-0.3, -0.25) is 14.5 Å². The van der Waals surface area contributed by atoms with E-state index in [0.29, 0.717) is 17.0 Å². The van der Waals surface area contributed by atoms with E-state index < -0.39 is 17.8 Å². The topological polar surface area (TPSA) is 118 Å². The molecule has 3 rings (SSSR count). The van der Waals surface area contributed by atoms with Crippen LogP contribution in [0.2, 0.25) is 0 Å². The fourth-order valence-electron chi connectivity index (χ4n) is 2.63. The maximum Gasteiger partial charge on any atom is 0.338 e. The molecular formula is C20H19N3O6. The molecule has 0 spiro atoms. The Kier molecular flexibility index (Phi) is 6.20. The van der Waals surface area contributed by atoms with Gasteiger partial charge in [-0.15, -0.1) is 0 Å². The quantitative estimate of drug-likeness (QED) is 0.511. The minimum atomic E-state index is -0.515. The van der Waals surface area contributed by atoms with Gasteiger partial charge in [0, 0.05) is 30.1 Å². The number of imide groups is 1. The van der Waals surface area contributed by atoms with Gasteiger partial charge < -0.3 is 19.9 Å². The highest BCUT2D eigenvalue weighted by Crippen LogP contribution is 2.25. The molecule has 9 nitrogen and oxygen atoms in total. The van der Waals surface area contributed by atoms with Gasteiger partial charge in [0.2, 0.25) is 5.88 Å². The Hall–Kier alpha value is -3.72.